The molecule has 0 aliphatic heterocycles. The zero-order valence-electron chi connectivity index (χ0n) is 9.40. The molecular weight excluding hydrogens is 248 g/mol. The van der Waals surface area contributed by atoms with Crippen molar-refractivity contribution in [1.82, 2.24) is 9.88 Å². The van der Waals surface area contributed by atoms with Crippen molar-refractivity contribution in [2.45, 2.75) is 20.4 Å². The number of halogens is 1. The maximum atomic E-state index is 11.3. The quantitative estimate of drug-likeness (QED) is 0.737. The average Bonchev–Trinajstić information content (AvgIpc) is 2.63. The molecule has 0 saturated carbocycles. The van der Waals surface area contributed by atoms with Crippen molar-refractivity contribution in [3.8, 4) is 0 Å². The van der Waals surface area contributed by atoms with E-state index in [1.807, 2.05) is 11.8 Å². The van der Waals surface area contributed by atoms with Gasteiger partial charge in [-0.15, -0.1) is 11.3 Å². The van der Waals surface area contributed by atoms with Gasteiger partial charge in [0.15, 0.2) is 4.47 Å². The molecule has 1 aromatic heterocycles. The predicted octanol–water partition coefficient (Wildman–Crippen LogP) is 2.18. The van der Waals surface area contributed by atoms with Gasteiger partial charge in [-0.3, -0.25) is 9.69 Å². The monoisotopic (exact) mass is 262 g/mol. The van der Waals surface area contributed by atoms with Gasteiger partial charge in [0.25, 0.3) is 0 Å². The second-order valence-electron chi connectivity index (χ2n) is 3.19. The summed E-state index contributed by atoms with van der Waals surface area (Å²) in [5, 5.41) is 0. The number of carbonyl (C=O) groups is 1. The van der Waals surface area contributed by atoms with E-state index in [4.69, 9.17) is 16.3 Å². The summed E-state index contributed by atoms with van der Waals surface area (Å²) in [5.74, 6) is -0.194. The fourth-order valence-electron chi connectivity index (χ4n) is 1.25. The Hall–Kier alpha value is -0.650. The van der Waals surface area contributed by atoms with Gasteiger partial charge in [0.1, 0.15) is 0 Å². The van der Waals surface area contributed by atoms with E-state index < -0.39 is 0 Å². The minimum atomic E-state index is -0.194. The van der Waals surface area contributed by atoms with Gasteiger partial charge in [-0.05, 0) is 13.5 Å². The van der Waals surface area contributed by atoms with Crippen LogP contribution in [-0.4, -0.2) is 35.5 Å². The Morgan fingerprint density at radius 3 is 2.88 bits per heavy atom. The van der Waals surface area contributed by atoms with Crippen LogP contribution < -0.4 is 0 Å². The minimum Gasteiger partial charge on any atom is -0.465 e. The number of likely N-dealkylation sites (N-methyl/N-ethyl adjacent to an activating group) is 1. The maximum absolute atomic E-state index is 11.3. The van der Waals surface area contributed by atoms with E-state index in [-0.39, 0.29) is 5.97 Å². The standard InChI is InChI=1S/C10H15ClN2O2S/c1-3-13(7-9(14)15-4-2)6-8-5-12-10(11)16-8/h5H,3-4,6-7H2,1-2H3. The van der Waals surface area contributed by atoms with Crippen LogP contribution >= 0.6 is 22.9 Å². The number of ether oxygens (including phenoxy) is 1. The summed E-state index contributed by atoms with van der Waals surface area (Å²) in [7, 11) is 0. The highest BCUT2D eigenvalue weighted by Gasteiger charge is 2.11. The predicted molar refractivity (Wildman–Crippen MR) is 64.7 cm³/mol. The van der Waals surface area contributed by atoms with Crippen LogP contribution in [0.25, 0.3) is 0 Å². The Morgan fingerprint density at radius 2 is 2.38 bits per heavy atom. The van der Waals surface area contributed by atoms with E-state index >= 15 is 0 Å². The Balaban J connectivity index is 2.45. The number of carbonyl (C=O) groups excluding carboxylic acids is 1. The van der Waals surface area contributed by atoms with Crippen LogP contribution in [0.3, 0.4) is 0 Å². The third-order valence-corrected chi connectivity index (χ3v) is 3.11. The number of esters is 1. The van der Waals surface area contributed by atoms with Gasteiger partial charge < -0.3 is 4.74 Å². The summed E-state index contributed by atoms with van der Waals surface area (Å²) in [6, 6.07) is 0. The topological polar surface area (TPSA) is 42.4 Å². The number of hydrogen-bond donors (Lipinski definition) is 0. The molecule has 0 amide bonds. The minimum absolute atomic E-state index is 0.194. The zero-order chi connectivity index (χ0) is 12.0. The molecule has 1 heterocycles. The van der Waals surface area contributed by atoms with Gasteiger partial charge in [0.2, 0.25) is 0 Å². The first-order valence-corrected chi connectivity index (χ1v) is 6.33. The van der Waals surface area contributed by atoms with E-state index in [1.165, 1.54) is 11.3 Å². The molecular formula is C10H15ClN2O2S. The van der Waals surface area contributed by atoms with E-state index in [1.54, 1.807) is 13.1 Å². The number of thiazole rings is 1. The Morgan fingerprint density at radius 1 is 1.62 bits per heavy atom. The van der Waals surface area contributed by atoms with Gasteiger partial charge in [0, 0.05) is 17.6 Å². The van der Waals surface area contributed by atoms with Gasteiger partial charge in [0.05, 0.1) is 13.2 Å². The van der Waals surface area contributed by atoms with Crippen molar-refractivity contribution in [2.24, 2.45) is 0 Å². The molecule has 0 fully saturated rings. The molecule has 0 spiro atoms. The molecule has 0 aliphatic carbocycles. The highest BCUT2D eigenvalue weighted by molar-refractivity contribution is 7.15. The number of rotatable bonds is 6. The Labute approximate surface area is 104 Å². The largest absolute Gasteiger partial charge is 0.465 e. The van der Waals surface area contributed by atoms with Crippen LogP contribution in [-0.2, 0) is 16.1 Å². The third-order valence-electron chi connectivity index (χ3n) is 2.01. The normalized spacial score (nSPS) is 10.8. The number of aromatic nitrogens is 1. The molecule has 1 aromatic rings. The SMILES string of the molecule is CCOC(=O)CN(CC)Cc1cnc(Cl)s1. The molecule has 0 saturated heterocycles. The molecule has 16 heavy (non-hydrogen) atoms. The molecule has 0 atom stereocenters. The highest BCUT2D eigenvalue weighted by Crippen LogP contribution is 2.19. The molecule has 0 aliphatic rings. The fourth-order valence-corrected chi connectivity index (χ4v) is 2.27. The fraction of sp³-hybridized carbons (Fsp3) is 0.600. The van der Waals surface area contributed by atoms with Crippen LogP contribution in [0.1, 0.15) is 18.7 Å². The average molecular weight is 263 g/mol. The van der Waals surface area contributed by atoms with Crippen LogP contribution in [0, 0.1) is 0 Å². The number of hydrogen-bond acceptors (Lipinski definition) is 5. The Kier molecular flexibility index (Phi) is 5.73. The molecule has 0 N–H and O–H groups in total. The van der Waals surface area contributed by atoms with Crippen molar-refractivity contribution in [3.63, 3.8) is 0 Å². The molecule has 0 unspecified atom stereocenters. The summed E-state index contributed by atoms with van der Waals surface area (Å²) in [6.07, 6.45) is 1.74. The second-order valence-corrected chi connectivity index (χ2v) is 4.89. The first-order valence-electron chi connectivity index (χ1n) is 5.13. The summed E-state index contributed by atoms with van der Waals surface area (Å²) >= 11 is 7.17. The third kappa shape index (κ3) is 4.47. The van der Waals surface area contributed by atoms with Crippen LogP contribution in [0.4, 0.5) is 0 Å². The van der Waals surface area contributed by atoms with Crippen LogP contribution in [0.2, 0.25) is 4.47 Å². The molecule has 0 bridgehead atoms. The molecule has 90 valence electrons. The first-order chi connectivity index (χ1) is 7.65. The van der Waals surface area contributed by atoms with Gasteiger partial charge >= 0.3 is 5.97 Å². The lowest BCUT2D eigenvalue weighted by molar-refractivity contribution is -0.144. The van der Waals surface area contributed by atoms with Crippen molar-refractivity contribution in [1.29, 1.82) is 0 Å². The van der Waals surface area contributed by atoms with Gasteiger partial charge in [-0.1, -0.05) is 18.5 Å². The van der Waals surface area contributed by atoms with Crippen molar-refractivity contribution >= 4 is 28.9 Å². The lowest BCUT2D eigenvalue weighted by Gasteiger charge is -2.17. The lowest BCUT2D eigenvalue weighted by Crippen LogP contribution is -2.30. The number of nitrogens with zero attached hydrogens (tertiary/aromatic N) is 2. The maximum Gasteiger partial charge on any atom is 0.320 e. The second kappa shape index (κ2) is 6.83. The van der Waals surface area contributed by atoms with Crippen molar-refractivity contribution < 1.29 is 9.53 Å². The van der Waals surface area contributed by atoms with Gasteiger partial charge in [-0.25, -0.2) is 4.98 Å². The van der Waals surface area contributed by atoms with Crippen LogP contribution in [0.5, 0.6) is 0 Å². The molecule has 0 radical (unpaired) electrons. The van der Waals surface area contributed by atoms with Gasteiger partial charge in [-0.2, -0.15) is 0 Å². The molecule has 1 rings (SSSR count). The highest BCUT2D eigenvalue weighted by atomic mass is 35.5. The van der Waals surface area contributed by atoms with Crippen molar-refractivity contribution in [3.05, 3.63) is 15.5 Å². The lowest BCUT2D eigenvalue weighted by atomic mass is 10.4. The van der Waals surface area contributed by atoms with E-state index in [2.05, 4.69) is 4.98 Å². The summed E-state index contributed by atoms with van der Waals surface area (Å²) in [5.41, 5.74) is 0. The molecule has 6 heteroatoms. The van der Waals surface area contributed by atoms with Crippen LogP contribution in [0.15, 0.2) is 6.20 Å². The first kappa shape index (κ1) is 13.4. The van der Waals surface area contributed by atoms with Crippen molar-refractivity contribution in [2.75, 3.05) is 19.7 Å². The zero-order valence-corrected chi connectivity index (χ0v) is 11.0. The molecule has 4 nitrogen and oxygen atoms in total. The molecule has 0 aromatic carbocycles. The smallest absolute Gasteiger partial charge is 0.320 e. The van der Waals surface area contributed by atoms with E-state index in [9.17, 15) is 4.79 Å². The van der Waals surface area contributed by atoms with E-state index in [0.29, 0.717) is 24.2 Å². The Bertz CT molecular complexity index is 343. The summed E-state index contributed by atoms with van der Waals surface area (Å²) in [4.78, 5) is 18.3. The summed E-state index contributed by atoms with van der Waals surface area (Å²) < 4.78 is 5.43. The summed E-state index contributed by atoms with van der Waals surface area (Å²) in [6.45, 7) is 6.00. The van der Waals surface area contributed by atoms with E-state index in [0.717, 1.165) is 11.4 Å².